The molecule has 1 aromatic heterocycles. The lowest BCUT2D eigenvalue weighted by atomic mass is 9.86. The van der Waals surface area contributed by atoms with Crippen LogP contribution in [0.5, 0.6) is 0 Å². The molecule has 0 bridgehead atoms. The molecule has 1 fully saturated rings. The largest absolute Gasteiger partial charge is 0.481 e. The summed E-state index contributed by atoms with van der Waals surface area (Å²) >= 11 is 0. The smallest absolute Gasteiger partial charge is 0.304 e. The van der Waals surface area contributed by atoms with Crippen LogP contribution in [0, 0.1) is 29.6 Å². The number of hydrogen-bond donors (Lipinski definition) is 16. The maximum atomic E-state index is 15.2. The highest BCUT2D eigenvalue weighted by Gasteiger charge is 2.40. The number of amides is 11. The number of H-pyrrole nitrogens is 1. The van der Waals surface area contributed by atoms with E-state index in [1.807, 2.05) is 0 Å². The van der Waals surface area contributed by atoms with Gasteiger partial charge in [-0.1, -0.05) is 89.6 Å². The van der Waals surface area contributed by atoms with E-state index >= 15 is 4.79 Å². The number of fused-ring (bicyclic) bond motifs is 1. The Kier molecular flexibility index (Phi) is 42.5. The van der Waals surface area contributed by atoms with Crippen LogP contribution < -0.4 is 70.0 Å². The molecule has 0 saturated carbocycles. The molecule has 0 spiro atoms. The molecule has 116 heavy (non-hydrogen) atoms. The van der Waals surface area contributed by atoms with Gasteiger partial charge in [0.15, 0.2) is 28.9 Å². The van der Waals surface area contributed by atoms with Gasteiger partial charge in [0.25, 0.3) is 19.4 Å². The first kappa shape index (κ1) is 96.5. The van der Waals surface area contributed by atoms with Gasteiger partial charge >= 0.3 is 5.97 Å². The van der Waals surface area contributed by atoms with Crippen LogP contribution in [-0.2, 0) is 112 Å². The fraction of sp³-hybridized carbons (Fsp3) is 0.558. The first-order valence-corrected chi connectivity index (χ1v) is 38.2. The van der Waals surface area contributed by atoms with Crippen molar-refractivity contribution in [2.75, 3.05) is 58.4 Å². The number of carboxylic acids is 1. The number of aliphatic carboxylic acids is 1. The Balaban J connectivity index is 1.88. The summed E-state index contributed by atoms with van der Waals surface area (Å²) in [6, 6.07) is -1.23. The summed E-state index contributed by atoms with van der Waals surface area (Å²) < 4.78 is 14.5. The number of nitrogens with one attached hydrogen (secondary N) is 12. The van der Waals surface area contributed by atoms with Crippen molar-refractivity contribution in [1.29, 1.82) is 0 Å². The quantitative estimate of drug-likeness (QED) is 0.0125. The van der Waals surface area contributed by atoms with Crippen LogP contribution in [0.3, 0.4) is 0 Å². The van der Waals surface area contributed by atoms with E-state index in [1.165, 1.54) is 39.1 Å². The van der Waals surface area contributed by atoms with Crippen LogP contribution >= 0.6 is 0 Å². The molecule has 1 unspecified atom stereocenters. The second-order valence-corrected chi connectivity index (χ2v) is 28.4. The number of ether oxygens (including phenoxy) is 3. The first-order valence-electron chi connectivity index (χ1n) is 38.2. The molecule has 39 nitrogen and oxygen atoms in total. The van der Waals surface area contributed by atoms with Gasteiger partial charge in [-0.3, -0.25) is 95.9 Å². The van der Waals surface area contributed by atoms with Crippen molar-refractivity contribution in [3.63, 3.8) is 0 Å². The number of Topliss-reactive ketones (excluding diaryl/α,β-unsaturated/α-hetero) is 5. The number of hydrogen-bond acceptors (Lipinski definition) is 26. The molecule has 1 saturated heterocycles. The average molecular weight is 1630 g/mol. The van der Waals surface area contributed by atoms with Gasteiger partial charge < -0.3 is 99.4 Å². The number of carboxylic acid groups (broad SMARTS) is 1. The molecule has 13 atom stereocenters. The molecule has 0 aliphatic carbocycles. The Morgan fingerprint density at radius 1 is 0.629 bits per heavy atom. The number of aliphatic hydroxyl groups excluding tert-OH is 1. The average Bonchev–Trinajstić information content (AvgIpc) is 1.27. The molecule has 0 radical (unpaired) electrons. The Morgan fingerprint density at radius 3 is 1.89 bits per heavy atom. The zero-order valence-corrected chi connectivity index (χ0v) is 65.6. The molecule has 4 rings (SSSR count). The van der Waals surface area contributed by atoms with E-state index in [-0.39, 0.29) is 62.9 Å². The fourth-order valence-electron chi connectivity index (χ4n) is 12.8. The summed E-state index contributed by atoms with van der Waals surface area (Å²) in [5.41, 5.74) is 12.9. The lowest BCUT2D eigenvalue weighted by Crippen LogP contribution is -2.56. The highest BCUT2D eigenvalue weighted by molar-refractivity contribution is 6.06. The van der Waals surface area contributed by atoms with Crippen molar-refractivity contribution in [3.05, 3.63) is 65.9 Å². The summed E-state index contributed by atoms with van der Waals surface area (Å²) in [5.74, 6) is -27.2. The van der Waals surface area contributed by atoms with Crippen molar-refractivity contribution >= 4 is 136 Å². The maximum absolute atomic E-state index is 15.2. The SMILES string of the molecule is CCCCCCCCCC(=O)N[C@@H](Cc1c[nH]c2ccccc12)C(=O)N[C@H](CC(N)=O)C(=O)C[C@@H](CC(=O)O)C(=O)N[C@@H]1C(=O)NCC(=O)N[C@@H](CCCN)C(=O)C[C@@H](COC=O)C(=O)N[C@H](C)C(=O)N[C@@H](COC=O)C(=O)NCC(=O)N[C@H](CO)C(=O)C[C@@H](C(C)COC=O)C(=O)N[C@@H](CC(=O)c2ccccc2NC)C(=O)C[C@@H]1C. The molecule has 18 N–H and O–H groups in total. The van der Waals surface area contributed by atoms with E-state index in [2.05, 4.69) is 70.4 Å². The zero-order valence-electron chi connectivity index (χ0n) is 65.6. The monoisotopic (exact) mass is 1630 g/mol. The number of anilines is 1. The number of carbonyl (C=O) groups is 20. The van der Waals surface area contributed by atoms with Gasteiger partial charge in [0.1, 0.15) is 43.4 Å². The molecule has 2 aromatic carbocycles. The third-order valence-electron chi connectivity index (χ3n) is 19.3. The summed E-state index contributed by atoms with van der Waals surface area (Å²) in [6.07, 6.45) is 0.564. The van der Waals surface area contributed by atoms with Crippen LogP contribution in [0.2, 0.25) is 0 Å². The van der Waals surface area contributed by atoms with Crippen molar-refractivity contribution in [1.82, 2.24) is 58.2 Å². The van der Waals surface area contributed by atoms with Crippen LogP contribution in [0.15, 0.2) is 54.7 Å². The van der Waals surface area contributed by atoms with E-state index in [0.29, 0.717) is 22.9 Å². The van der Waals surface area contributed by atoms with Crippen molar-refractivity contribution < 1.29 is 120 Å². The number of benzene rings is 2. The number of aromatic amines is 1. The normalized spacial score (nSPS) is 21.2. The molecular weight excluding hydrogens is 1520 g/mol. The fourth-order valence-corrected chi connectivity index (χ4v) is 12.8. The number of carbonyl (C=O) groups excluding carboxylic acids is 19. The van der Waals surface area contributed by atoms with Gasteiger partial charge in [0.2, 0.25) is 65.0 Å². The third kappa shape index (κ3) is 32.9. The minimum absolute atomic E-state index is 0.0129. The Hall–Kier alpha value is -11.9. The van der Waals surface area contributed by atoms with Gasteiger partial charge in [0, 0.05) is 86.3 Å². The topological polar surface area (TPSA) is 610 Å². The molecule has 1 aliphatic heterocycles. The highest BCUT2D eigenvalue weighted by atomic mass is 16.5. The summed E-state index contributed by atoms with van der Waals surface area (Å²) in [4.78, 5) is 277. The highest BCUT2D eigenvalue weighted by Crippen LogP contribution is 2.25. The second-order valence-electron chi connectivity index (χ2n) is 28.4. The Morgan fingerprint density at radius 2 is 1.24 bits per heavy atom. The lowest BCUT2D eigenvalue weighted by Gasteiger charge is -2.29. The minimum atomic E-state index is -2.11. The number of ketones is 5. The molecule has 39 heteroatoms. The van der Waals surface area contributed by atoms with E-state index in [1.54, 1.807) is 36.5 Å². The number of aliphatic hydroxyl groups is 1. The van der Waals surface area contributed by atoms with Crippen molar-refractivity contribution in [2.24, 2.45) is 41.1 Å². The van der Waals surface area contributed by atoms with Crippen LogP contribution in [0.4, 0.5) is 5.69 Å². The number of aromatic nitrogens is 1. The predicted octanol–water partition coefficient (Wildman–Crippen LogP) is -2.13. The number of para-hydroxylation sites is 2. The molecule has 2 heterocycles. The first-order chi connectivity index (χ1) is 55.3. The van der Waals surface area contributed by atoms with Crippen LogP contribution in [-0.4, -0.2) is 236 Å². The summed E-state index contributed by atoms with van der Waals surface area (Å²) in [7, 11) is 1.47. The van der Waals surface area contributed by atoms with Gasteiger partial charge in [-0.2, -0.15) is 0 Å². The van der Waals surface area contributed by atoms with E-state index in [0.717, 1.165) is 45.4 Å². The molecule has 11 amide bonds. The van der Waals surface area contributed by atoms with Gasteiger partial charge in [-0.25, -0.2) is 0 Å². The van der Waals surface area contributed by atoms with Gasteiger partial charge in [-0.05, 0) is 62.4 Å². The van der Waals surface area contributed by atoms with E-state index in [9.17, 15) is 101 Å². The van der Waals surface area contributed by atoms with Gasteiger partial charge in [0.05, 0.1) is 75.0 Å². The molecule has 636 valence electrons. The van der Waals surface area contributed by atoms with Gasteiger partial charge in [-0.15, -0.1) is 0 Å². The van der Waals surface area contributed by atoms with Crippen LogP contribution in [0.1, 0.15) is 153 Å². The molecule has 1 aliphatic rings. The molecule has 3 aromatic rings. The Labute approximate surface area is 668 Å². The minimum Gasteiger partial charge on any atom is -0.481 e. The molecular formula is C77H108N14O25. The van der Waals surface area contributed by atoms with E-state index < -0.39 is 262 Å². The zero-order chi connectivity index (χ0) is 86.0. The number of rotatable bonds is 40. The van der Waals surface area contributed by atoms with Crippen molar-refractivity contribution in [2.45, 2.75) is 192 Å². The standard InChI is InChI=1S/C77H108N14O25/c1-6-7-8-9-10-11-12-23-66(102)86-57(26-47-33-81-53-21-16-13-18-49(47)53)76(112)89-56(32-65(79)101)63(99)27-46(29-69(105)106)72(108)91-70-43(2)25-61(97)55(31-60(96)50-19-14-15-20-52(50)80-5)88-74(110)51(44(3)37-114-40-93)30-64(100)58(36-92)87-68(104)34-82-75(111)59(39-116-42-95)90-71(107)45(4)84-73(109)48(38-115-41-94)28-62(98)54(22-17-24-78)85-67(103)35-83-77(70)113/h13-16,18-21,33,40-46,48,51,54-59,70,80-81,92H,6-12,17,22-32,34-39,78H2,1-5H3,(H2,79,101)(H,82,111)(H,83,113)(H,84,109)(H,85,103)(H,86,102)(H,87,104)(H,88,110)(H,89,112)(H,90,107)(H,91,108)(H,105,106)/t43-,44?,45+,46-,48-,51-,54-,55-,56+,57-,58+,59-,70-/m0/s1. The lowest BCUT2D eigenvalue weighted by molar-refractivity contribution is -0.143. The van der Waals surface area contributed by atoms with Crippen LogP contribution in [0.25, 0.3) is 10.9 Å². The van der Waals surface area contributed by atoms with E-state index in [4.69, 9.17) is 25.7 Å². The van der Waals surface area contributed by atoms with Crippen molar-refractivity contribution in [3.8, 4) is 0 Å². The predicted molar refractivity (Wildman–Crippen MR) is 411 cm³/mol. The Bertz CT molecular complexity index is 3940. The maximum Gasteiger partial charge on any atom is 0.304 e. The number of nitrogens with two attached hydrogens (primary N) is 2. The summed E-state index contributed by atoms with van der Waals surface area (Å²) in [6.45, 7) is -0.00713. The summed E-state index contributed by atoms with van der Waals surface area (Å²) in [5, 5.41) is 47.9. The number of primary amides is 1. The number of unbranched alkanes of at least 4 members (excludes halogenated alkanes) is 6. The second kappa shape index (κ2) is 51.0. The third-order valence-corrected chi connectivity index (χ3v) is 19.3.